The Balaban J connectivity index is 1.75. The predicted molar refractivity (Wildman–Crippen MR) is 121 cm³/mol. The van der Waals surface area contributed by atoms with Gasteiger partial charge in [0.1, 0.15) is 11.5 Å². The molecule has 0 aromatic heterocycles. The van der Waals surface area contributed by atoms with E-state index in [4.69, 9.17) is 0 Å². The third-order valence-corrected chi connectivity index (χ3v) is 5.27. The van der Waals surface area contributed by atoms with E-state index >= 15 is 0 Å². The molecule has 28 heavy (non-hydrogen) atoms. The summed E-state index contributed by atoms with van der Waals surface area (Å²) >= 11 is 0. The summed E-state index contributed by atoms with van der Waals surface area (Å²) in [6.07, 6.45) is 18.8. The zero-order valence-electron chi connectivity index (χ0n) is 17.4. The van der Waals surface area contributed by atoms with Gasteiger partial charge in [0, 0.05) is 11.1 Å². The molecule has 2 aromatic carbocycles. The van der Waals surface area contributed by atoms with E-state index in [0.717, 1.165) is 12.0 Å². The molecule has 0 radical (unpaired) electrons. The minimum atomic E-state index is 0.188. The van der Waals surface area contributed by atoms with Crippen LogP contribution in [0.3, 0.4) is 0 Å². The van der Waals surface area contributed by atoms with Crippen LogP contribution < -0.4 is 0 Å². The Labute approximate surface area is 170 Å². The number of hydrogen-bond acceptors (Lipinski definition) is 2. The molecule has 2 heteroatoms. The van der Waals surface area contributed by atoms with Gasteiger partial charge in [0.25, 0.3) is 0 Å². The molecule has 0 amide bonds. The third kappa shape index (κ3) is 7.42. The molecule has 2 nitrogen and oxygen atoms in total. The summed E-state index contributed by atoms with van der Waals surface area (Å²) in [5.41, 5.74) is 2.30. The number of para-hydroxylation sites is 1. The molecular weight excluding hydrogens is 344 g/mol. The van der Waals surface area contributed by atoms with Gasteiger partial charge >= 0.3 is 0 Å². The number of allylic oxidation sites excluding steroid dienone is 1. The fourth-order valence-electron chi connectivity index (χ4n) is 3.63. The van der Waals surface area contributed by atoms with Crippen molar-refractivity contribution in [3.05, 3.63) is 54.1 Å². The van der Waals surface area contributed by atoms with E-state index in [1.165, 1.54) is 64.2 Å². The minimum absolute atomic E-state index is 0.188. The second-order valence-electron chi connectivity index (χ2n) is 7.63. The fourth-order valence-corrected chi connectivity index (χ4v) is 3.63. The molecule has 152 valence electrons. The average Bonchev–Trinajstić information content (AvgIpc) is 2.70. The molecule has 0 aliphatic carbocycles. The van der Waals surface area contributed by atoms with Crippen molar-refractivity contribution in [1.29, 1.82) is 0 Å². The standard InChI is InChI=1S/C26H36O2/c1-2-3-4-5-6-7-8-9-10-11-12-13-17-22-18-16-21-25(28)26(22)23-19-14-15-20-24(23)27/h13-21,27-28H,2-12H2,1H3. The Morgan fingerprint density at radius 3 is 1.96 bits per heavy atom. The highest BCUT2D eigenvalue weighted by Crippen LogP contribution is 2.38. The molecule has 0 aliphatic rings. The van der Waals surface area contributed by atoms with Gasteiger partial charge in [-0.2, -0.15) is 0 Å². The van der Waals surface area contributed by atoms with Gasteiger partial charge in [-0.1, -0.05) is 107 Å². The number of aromatic hydroxyl groups is 2. The van der Waals surface area contributed by atoms with E-state index in [9.17, 15) is 10.2 Å². The first-order valence-corrected chi connectivity index (χ1v) is 11.0. The van der Waals surface area contributed by atoms with Crippen LogP contribution in [-0.2, 0) is 0 Å². The van der Waals surface area contributed by atoms with Crippen LogP contribution in [0.2, 0.25) is 0 Å². The maximum atomic E-state index is 10.3. The van der Waals surface area contributed by atoms with E-state index < -0.39 is 0 Å². The summed E-state index contributed by atoms with van der Waals surface area (Å²) in [6, 6.07) is 12.7. The largest absolute Gasteiger partial charge is 0.507 e. The zero-order valence-corrected chi connectivity index (χ0v) is 17.4. The number of rotatable bonds is 13. The number of phenols is 2. The van der Waals surface area contributed by atoms with Gasteiger partial charge < -0.3 is 10.2 Å². The first-order valence-electron chi connectivity index (χ1n) is 11.0. The molecule has 0 spiro atoms. The van der Waals surface area contributed by atoms with Crippen molar-refractivity contribution >= 4 is 6.08 Å². The van der Waals surface area contributed by atoms with Crippen molar-refractivity contribution in [2.24, 2.45) is 0 Å². The molecule has 0 unspecified atom stereocenters. The fraction of sp³-hybridized carbons (Fsp3) is 0.462. The number of unbranched alkanes of at least 4 members (excludes halogenated alkanes) is 10. The Hall–Kier alpha value is -2.22. The van der Waals surface area contributed by atoms with Gasteiger partial charge in [-0.05, 0) is 30.5 Å². The molecule has 0 saturated heterocycles. The second-order valence-corrected chi connectivity index (χ2v) is 7.63. The van der Waals surface area contributed by atoms with Crippen LogP contribution in [0.5, 0.6) is 11.5 Å². The summed E-state index contributed by atoms with van der Waals surface area (Å²) in [5, 5.41) is 20.5. The number of benzene rings is 2. The zero-order chi connectivity index (χ0) is 20.0. The van der Waals surface area contributed by atoms with Gasteiger partial charge in [-0.3, -0.25) is 0 Å². The van der Waals surface area contributed by atoms with Gasteiger partial charge in [0.05, 0.1) is 0 Å². The van der Waals surface area contributed by atoms with Crippen molar-refractivity contribution < 1.29 is 10.2 Å². The van der Waals surface area contributed by atoms with E-state index in [-0.39, 0.29) is 11.5 Å². The van der Waals surface area contributed by atoms with Crippen LogP contribution in [0.4, 0.5) is 0 Å². The highest BCUT2D eigenvalue weighted by molar-refractivity contribution is 5.83. The molecule has 0 aliphatic heterocycles. The van der Waals surface area contributed by atoms with Crippen LogP contribution in [-0.4, -0.2) is 10.2 Å². The van der Waals surface area contributed by atoms with Crippen molar-refractivity contribution in [3.8, 4) is 22.6 Å². The molecule has 2 aromatic rings. The smallest absolute Gasteiger partial charge is 0.124 e. The summed E-state index contributed by atoms with van der Waals surface area (Å²) in [7, 11) is 0. The van der Waals surface area contributed by atoms with Crippen molar-refractivity contribution in [1.82, 2.24) is 0 Å². The Morgan fingerprint density at radius 1 is 0.679 bits per heavy atom. The highest BCUT2D eigenvalue weighted by atomic mass is 16.3. The Bertz CT molecular complexity index is 718. The Morgan fingerprint density at radius 2 is 1.29 bits per heavy atom. The van der Waals surface area contributed by atoms with Crippen molar-refractivity contribution in [2.75, 3.05) is 0 Å². The molecule has 2 N–H and O–H groups in total. The molecule has 0 saturated carbocycles. The average molecular weight is 381 g/mol. The maximum absolute atomic E-state index is 10.3. The maximum Gasteiger partial charge on any atom is 0.124 e. The molecule has 0 atom stereocenters. The topological polar surface area (TPSA) is 40.5 Å². The Kier molecular flexibility index (Phi) is 10.3. The summed E-state index contributed by atoms with van der Waals surface area (Å²) in [6.45, 7) is 2.27. The lowest BCUT2D eigenvalue weighted by atomic mass is 9.97. The van der Waals surface area contributed by atoms with Crippen LogP contribution in [0.15, 0.2) is 48.5 Å². The lowest BCUT2D eigenvalue weighted by Crippen LogP contribution is -1.85. The van der Waals surface area contributed by atoms with Crippen LogP contribution >= 0.6 is 0 Å². The van der Waals surface area contributed by atoms with Gasteiger partial charge in [0.15, 0.2) is 0 Å². The number of phenolic OH excluding ortho intramolecular Hbond substituents is 2. The molecule has 0 bridgehead atoms. The molecular formula is C26H36O2. The van der Waals surface area contributed by atoms with Crippen LogP contribution in [0, 0.1) is 0 Å². The summed E-state index contributed by atoms with van der Waals surface area (Å²) in [5.74, 6) is 0.385. The predicted octanol–water partition coefficient (Wildman–Crippen LogP) is 8.09. The van der Waals surface area contributed by atoms with E-state index in [2.05, 4.69) is 19.1 Å². The summed E-state index contributed by atoms with van der Waals surface area (Å²) in [4.78, 5) is 0. The normalized spacial score (nSPS) is 11.3. The van der Waals surface area contributed by atoms with Crippen molar-refractivity contribution in [2.45, 2.75) is 77.6 Å². The third-order valence-electron chi connectivity index (χ3n) is 5.27. The molecule has 2 rings (SSSR count). The van der Waals surface area contributed by atoms with E-state index in [0.29, 0.717) is 11.1 Å². The van der Waals surface area contributed by atoms with Crippen LogP contribution in [0.1, 0.15) is 83.1 Å². The minimum Gasteiger partial charge on any atom is -0.507 e. The van der Waals surface area contributed by atoms with Gasteiger partial charge in [-0.15, -0.1) is 0 Å². The SMILES string of the molecule is CCCCCCCCCCCCC=Cc1cccc(O)c1-c1ccccc1O. The number of hydrogen-bond donors (Lipinski definition) is 2. The lowest BCUT2D eigenvalue weighted by molar-refractivity contribution is 0.469. The quantitative estimate of drug-likeness (QED) is 0.345. The lowest BCUT2D eigenvalue weighted by Gasteiger charge is -2.10. The first-order chi connectivity index (χ1) is 13.7. The monoisotopic (exact) mass is 380 g/mol. The first kappa shape index (κ1) is 22.1. The van der Waals surface area contributed by atoms with Crippen molar-refractivity contribution in [3.63, 3.8) is 0 Å². The van der Waals surface area contributed by atoms with E-state index in [1.54, 1.807) is 18.2 Å². The van der Waals surface area contributed by atoms with E-state index in [1.807, 2.05) is 24.3 Å². The second kappa shape index (κ2) is 13.0. The van der Waals surface area contributed by atoms with Gasteiger partial charge in [0.2, 0.25) is 0 Å². The summed E-state index contributed by atoms with van der Waals surface area (Å²) < 4.78 is 0. The molecule has 0 heterocycles. The molecule has 0 fully saturated rings. The van der Waals surface area contributed by atoms with Crippen LogP contribution in [0.25, 0.3) is 17.2 Å². The van der Waals surface area contributed by atoms with Gasteiger partial charge in [-0.25, -0.2) is 0 Å². The highest BCUT2D eigenvalue weighted by Gasteiger charge is 2.11.